The maximum absolute atomic E-state index is 6.17. The largest absolute Gasteiger partial charge is 0.485 e. The van der Waals surface area contributed by atoms with Crippen LogP contribution in [0.4, 0.5) is 0 Å². The molecule has 1 heterocycles. The Labute approximate surface area is 169 Å². The molecule has 4 nitrogen and oxygen atoms in total. The van der Waals surface area contributed by atoms with Crippen molar-refractivity contribution in [3.8, 4) is 11.4 Å². The quantitative estimate of drug-likeness (QED) is 0.278. The van der Waals surface area contributed by atoms with E-state index in [0.29, 0.717) is 6.61 Å². The van der Waals surface area contributed by atoms with Crippen LogP contribution in [0.25, 0.3) is 16.5 Å². The number of benzene rings is 3. The Bertz CT molecular complexity index is 1040. The van der Waals surface area contributed by atoms with Gasteiger partial charge in [0.05, 0.1) is 0 Å². The van der Waals surface area contributed by atoms with Gasteiger partial charge in [0.25, 0.3) is 0 Å². The first-order valence-corrected chi connectivity index (χ1v) is 10.6. The predicted octanol–water partition coefficient (Wildman–Crippen LogP) is 5.89. The normalized spacial score (nSPS) is 11.0. The van der Waals surface area contributed by atoms with Crippen LogP contribution < -0.4 is 4.74 Å². The van der Waals surface area contributed by atoms with Crippen molar-refractivity contribution in [1.82, 2.24) is 14.8 Å². The third-order valence-electron chi connectivity index (χ3n) is 4.55. The van der Waals surface area contributed by atoms with Crippen LogP contribution in [-0.2, 0) is 6.61 Å². The summed E-state index contributed by atoms with van der Waals surface area (Å²) in [6.45, 7) is 2.57. The van der Waals surface area contributed by atoms with Crippen molar-refractivity contribution in [2.24, 2.45) is 0 Å². The molecule has 0 saturated carbocycles. The molecule has 0 aliphatic carbocycles. The standard InChI is InChI=1S/C23H23N3OS/c1-2-3-16-28-23-25-24-22(26(23)19-12-5-4-6-13-19)17-27-21-15-9-11-18-10-7-8-14-20(18)21/h4-15H,2-3,16-17H2,1H3. The molecule has 0 aliphatic rings. The van der Waals surface area contributed by atoms with Crippen LogP contribution in [0.3, 0.4) is 0 Å². The van der Waals surface area contributed by atoms with Gasteiger partial charge in [-0.3, -0.25) is 4.57 Å². The summed E-state index contributed by atoms with van der Waals surface area (Å²) in [6, 6.07) is 24.6. The molecule has 0 aliphatic heterocycles. The van der Waals surface area contributed by atoms with Crippen molar-refractivity contribution >= 4 is 22.5 Å². The molecule has 1 aromatic heterocycles. The summed E-state index contributed by atoms with van der Waals surface area (Å²) in [7, 11) is 0. The summed E-state index contributed by atoms with van der Waals surface area (Å²) < 4.78 is 8.28. The number of para-hydroxylation sites is 1. The van der Waals surface area contributed by atoms with Gasteiger partial charge in [0.15, 0.2) is 11.0 Å². The van der Waals surface area contributed by atoms with E-state index in [1.165, 1.54) is 11.8 Å². The van der Waals surface area contributed by atoms with E-state index in [1.807, 2.05) is 42.5 Å². The lowest BCUT2D eigenvalue weighted by Gasteiger charge is -2.12. The molecule has 0 unspecified atom stereocenters. The lowest BCUT2D eigenvalue weighted by molar-refractivity contribution is 0.296. The van der Waals surface area contributed by atoms with E-state index in [1.54, 1.807) is 11.8 Å². The second-order valence-corrected chi connectivity index (χ2v) is 7.60. The molecule has 0 fully saturated rings. The van der Waals surface area contributed by atoms with Crippen molar-refractivity contribution in [2.45, 2.75) is 31.5 Å². The van der Waals surface area contributed by atoms with Crippen molar-refractivity contribution in [3.63, 3.8) is 0 Å². The highest BCUT2D eigenvalue weighted by Crippen LogP contribution is 2.27. The third kappa shape index (κ3) is 4.04. The average Bonchev–Trinajstić information content (AvgIpc) is 3.16. The van der Waals surface area contributed by atoms with Crippen molar-refractivity contribution in [3.05, 3.63) is 78.6 Å². The summed E-state index contributed by atoms with van der Waals surface area (Å²) in [5.74, 6) is 2.70. The molecule has 28 heavy (non-hydrogen) atoms. The number of nitrogens with zero attached hydrogens (tertiary/aromatic N) is 3. The van der Waals surface area contributed by atoms with Gasteiger partial charge in [-0.15, -0.1) is 10.2 Å². The molecular formula is C23H23N3OS. The minimum atomic E-state index is 0.365. The maximum atomic E-state index is 6.17. The molecule has 4 rings (SSSR count). The van der Waals surface area contributed by atoms with Gasteiger partial charge in [-0.2, -0.15) is 0 Å². The topological polar surface area (TPSA) is 39.9 Å². The number of hydrogen-bond donors (Lipinski definition) is 0. The fraction of sp³-hybridized carbons (Fsp3) is 0.217. The van der Waals surface area contributed by atoms with Crippen LogP contribution in [0.5, 0.6) is 5.75 Å². The molecule has 0 bridgehead atoms. The minimum Gasteiger partial charge on any atom is -0.485 e. The highest BCUT2D eigenvalue weighted by Gasteiger charge is 2.15. The maximum Gasteiger partial charge on any atom is 0.195 e. The fourth-order valence-electron chi connectivity index (χ4n) is 3.10. The molecular weight excluding hydrogens is 366 g/mol. The van der Waals surface area contributed by atoms with Crippen molar-refractivity contribution in [2.75, 3.05) is 5.75 Å². The summed E-state index contributed by atoms with van der Waals surface area (Å²) in [5.41, 5.74) is 1.06. The molecule has 0 saturated heterocycles. The number of thioether (sulfide) groups is 1. The molecule has 3 aromatic carbocycles. The lowest BCUT2D eigenvalue weighted by atomic mass is 10.1. The summed E-state index contributed by atoms with van der Waals surface area (Å²) in [4.78, 5) is 0. The first-order valence-electron chi connectivity index (χ1n) is 9.60. The van der Waals surface area contributed by atoms with E-state index in [-0.39, 0.29) is 0 Å². The zero-order chi connectivity index (χ0) is 19.2. The summed E-state index contributed by atoms with van der Waals surface area (Å²) in [5, 5.41) is 12.1. The Balaban J connectivity index is 1.62. The first-order chi connectivity index (χ1) is 13.9. The van der Waals surface area contributed by atoms with Gasteiger partial charge in [-0.1, -0.05) is 79.7 Å². The Morgan fingerprint density at radius 2 is 1.68 bits per heavy atom. The minimum absolute atomic E-state index is 0.365. The second kappa shape index (κ2) is 8.93. The number of fused-ring (bicyclic) bond motifs is 1. The van der Waals surface area contributed by atoms with Crippen LogP contribution in [0, 0.1) is 0 Å². The van der Waals surface area contributed by atoms with E-state index in [2.05, 4.69) is 52.0 Å². The van der Waals surface area contributed by atoms with Gasteiger partial charge < -0.3 is 4.74 Å². The van der Waals surface area contributed by atoms with E-state index in [4.69, 9.17) is 4.74 Å². The van der Waals surface area contributed by atoms with Crippen molar-refractivity contribution < 1.29 is 4.74 Å². The monoisotopic (exact) mass is 389 g/mol. The van der Waals surface area contributed by atoms with E-state index in [9.17, 15) is 0 Å². The van der Waals surface area contributed by atoms with Crippen molar-refractivity contribution in [1.29, 1.82) is 0 Å². The van der Waals surface area contributed by atoms with Gasteiger partial charge in [-0.05, 0) is 30.0 Å². The molecule has 0 spiro atoms. The molecule has 4 aromatic rings. The summed E-state index contributed by atoms with van der Waals surface area (Å²) >= 11 is 1.75. The molecule has 142 valence electrons. The van der Waals surface area contributed by atoms with Crippen LogP contribution in [-0.4, -0.2) is 20.5 Å². The molecule has 0 amide bonds. The van der Waals surface area contributed by atoms with Gasteiger partial charge in [-0.25, -0.2) is 0 Å². The fourth-order valence-corrected chi connectivity index (χ4v) is 4.15. The van der Waals surface area contributed by atoms with Crippen LogP contribution in [0.1, 0.15) is 25.6 Å². The first kappa shape index (κ1) is 18.6. The van der Waals surface area contributed by atoms with Gasteiger partial charge in [0.1, 0.15) is 12.4 Å². The van der Waals surface area contributed by atoms with Crippen LogP contribution >= 0.6 is 11.8 Å². The zero-order valence-electron chi connectivity index (χ0n) is 15.9. The lowest BCUT2D eigenvalue weighted by Crippen LogP contribution is -2.07. The van der Waals surface area contributed by atoms with E-state index < -0.39 is 0 Å². The van der Waals surface area contributed by atoms with Crippen LogP contribution in [0.2, 0.25) is 0 Å². The Kier molecular flexibility index (Phi) is 5.92. The molecule has 0 radical (unpaired) electrons. The van der Waals surface area contributed by atoms with Gasteiger partial charge in [0, 0.05) is 16.8 Å². The summed E-state index contributed by atoms with van der Waals surface area (Å²) in [6.07, 6.45) is 2.33. The highest BCUT2D eigenvalue weighted by atomic mass is 32.2. The second-order valence-electron chi connectivity index (χ2n) is 6.54. The highest BCUT2D eigenvalue weighted by molar-refractivity contribution is 7.99. The number of unbranched alkanes of at least 4 members (excludes halogenated alkanes) is 1. The van der Waals surface area contributed by atoms with E-state index in [0.717, 1.165) is 40.0 Å². The van der Waals surface area contributed by atoms with E-state index >= 15 is 0 Å². The Morgan fingerprint density at radius 1 is 0.893 bits per heavy atom. The number of aromatic nitrogens is 3. The number of hydrogen-bond acceptors (Lipinski definition) is 4. The van der Waals surface area contributed by atoms with Gasteiger partial charge >= 0.3 is 0 Å². The molecule has 5 heteroatoms. The smallest absolute Gasteiger partial charge is 0.195 e. The number of rotatable bonds is 8. The Morgan fingerprint density at radius 3 is 2.54 bits per heavy atom. The third-order valence-corrected chi connectivity index (χ3v) is 5.57. The number of ether oxygens (including phenoxy) is 1. The zero-order valence-corrected chi connectivity index (χ0v) is 16.7. The van der Waals surface area contributed by atoms with Gasteiger partial charge in [0.2, 0.25) is 0 Å². The Hall–Kier alpha value is -2.79. The molecule has 0 atom stereocenters. The van der Waals surface area contributed by atoms with Crippen LogP contribution in [0.15, 0.2) is 78.0 Å². The average molecular weight is 390 g/mol. The predicted molar refractivity (Wildman–Crippen MR) is 115 cm³/mol. The SMILES string of the molecule is CCCCSc1nnc(COc2cccc3ccccc23)n1-c1ccccc1. The molecule has 0 N–H and O–H groups in total.